The number of carbonyl (C=O) groups excluding carboxylic acids is 1. The molecule has 1 saturated heterocycles. The van der Waals surface area contributed by atoms with Gasteiger partial charge in [-0.15, -0.1) is 0 Å². The van der Waals surface area contributed by atoms with Gasteiger partial charge >= 0.3 is 0 Å². The molecule has 1 N–H and O–H groups in total. The summed E-state index contributed by atoms with van der Waals surface area (Å²) in [6.07, 6.45) is 0.739. The molecular formula is C9H18N2O2. The molecule has 0 aromatic rings. The number of amides is 1. The van der Waals surface area contributed by atoms with Crippen molar-refractivity contribution < 1.29 is 9.53 Å². The zero-order chi connectivity index (χ0) is 9.90. The summed E-state index contributed by atoms with van der Waals surface area (Å²) in [4.78, 5) is 12.4. The highest BCUT2D eigenvalue weighted by Gasteiger charge is 2.25. The maximum Gasteiger partial charge on any atom is 0.211 e. The summed E-state index contributed by atoms with van der Waals surface area (Å²) in [5.74, 6) is 0. The standard InChI is InChI=1S/C9H18N2O2/c1-9(2,3)13-8-6-10-4-5-11(8)7-12/h7-8,10H,4-6H2,1-3H3. The molecule has 13 heavy (non-hydrogen) atoms. The monoisotopic (exact) mass is 186 g/mol. The molecule has 1 aliphatic heterocycles. The second-order valence-electron chi connectivity index (χ2n) is 4.23. The van der Waals surface area contributed by atoms with Gasteiger partial charge < -0.3 is 15.0 Å². The first kappa shape index (κ1) is 10.5. The third-order valence-electron chi connectivity index (χ3n) is 1.86. The molecule has 0 aliphatic carbocycles. The Morgan fingerprint density at radius 2 is 2.23 bits per heavy atom. The number of rotatable bonds is 2. The SMILES string of the molecule is CC(C)(C)OC1CNCCN1C=O. The quantitative estimate of drug-likeness (QED) is 0.626. The van der Waals surface area contributed by atoms with Crippen molar-refractivity contribution in [2.45, 2.75) is 32.6 Å². The van der Waals surface area contributed by atoms with E-state index < -0.39 is 0 Å². The number of carbonyl (C=O) groups is 1. The van der Waals surface area contributed by atoms with Crippen LogP contribution >= 0.6 is 0 Å². The second kappa shape index (κ2) is 4.07. The lowest BCUT2D eigenvalue weighted by Crippen LogP contribution is -2.53. The zero-order valence-electron chi connectivity index (χ0n) is 8.54. The van der Waals surface area contributed by atoms with E-state index in [1.807, 2.05) is 20.8 Å². The van der Waals surface area contributed by atoms with Crippen LogP contribution in [0.3, 0.4) is 0 Å². The van der Waals surface area contributed by atoms with E-state index in [0.717, 1.165) is 26.0 Å². The number of nitrogens with one attached hydrogen (secondary N) is 1. The molecule has 0 spiro atoms. The van der Waals surface area contributed by atoms with Gasteiger partial charge in [0.2, 0.25) is 6.41 Å². The van der Waals surface area contributed by atoms with Crippen LogP contribution in [0.5, 0.6) is 0 Å². The fourth-order valence-electron chi connectivity index (χ4n) is 1.33. The molecule has 0 aromatic heterocycles. The summed E-state index contributed by atoms with van der Waals surface area (Å²) in [5, 5.41) is 3.20. The van der Waals surface area contributed by atoms with Crippen LogP contribution in [0.1, 0.15) is 20.8 Å². The number of hydrogen-bond acceptors (Lipinski definition) is 3. The van der Waals surface area contributed by atoms with E-state index in [-0.39, 0.29) is 11.8 Å². The Balaban J connectivity index is 2.50. The third-order valence-corrected chi connectivity index (χ3v) is 1.86. The first-order valence-corrected chi connectivity index (χ1v) is 4.62. The fourth-order valence-corrected chi connectivity index (χ4v) is 1.33. The van der Waals surface area contributed by atoms with Crippen molar-refractivity contribution in [1.82, 2.24) is 10.2 Å². The average Bonchev–Trinajstić information content (AvgIpc) is 2.02. The van der Waals surface area contributed by atoms with Crippen molar-refractivity contribution in [3.05, 3.63) is 0 Å². The Morgan fingerprint density at radius 1 is 1.54 bits per heavy atom. The normalized spacial score (nSPS) is 24.5. The molecule has 0 aromatic carbocycles. The van der Waals surface area contributed by atoms with E-state index in [2.05, 4.69) is 5.32 Å². The molecule has 0 radical (unpaired) electrons. The Bertz CT molecular complexity index is 177. The van der Waals surface area contributed by atoms with Gasteiger partial charge in [-0.25, -0.2) is 0 Å². The number of hydrogen-bond donors (Lipinski definition) is 1. The van der Waals surface area contributed by atoms with E-state index in [1.165, 1.54) is 0 Å². The molecule has 4 nitrogen and oxygen atoms in total. The summed E-state index contributed by atoms with van der Waals surface area (Å²) in [6.45, 7) is 8.27. The van der Waals surface area contributed by atoms with Crippen molar-refractivity contribution in [1.29, 1.82) is 0 Å². The molecule has 1 amide bonds. The first-order valence-electron chi connectivity index (χ1n) is 4.62. The molecule has 0 bridgehead atoms. The van der Waals surface area contributed by atoms with E-state index in [1.54, 1.807) is 4.90 Å². The minimum atomic E-state index is -0.203. The highest BCUT2D eigenvalue weighted by atomic mass is 16.5. The van der Waals surface area contributed by atoms with E-state index in [0.29, 0.717) is 0 Å². The second-order valence-corrected chi connectivity index (χ2v) is 4.23. The van der Waals surface area contributed by atoms with Crippen molar-refractivity contribution in [2.24, 2.45) is 0 Å². The van der Waals surface area contributed by atoms with E-state index >= 15 is 0 Å². The highest BCUT2D eigenvalue weighted by molar-refractivity contribution is 5.47. The molecule has 1 rings (SSSR count). The summed E-state index contributed by atoms with van der Waals surface area (Å²) < 4.78 is 5.71. The summed E-state index contributed by atoms with van der Waals surface area (Å²) in [7, 11) is 0. The van der Waals surface area contributed by atoms with Gasteiger partial charge in [-0.05, 0) is 20.8 Å². The van der Waals surface area contributed by atoms with Crippen molar-refractivity contribution in [3.63, 3.8) is 0 Å². The van der Waals surface area contributed by atoms with Gasteiger partial charge in [-0.2, -0.15) is 0 Å². The Kier molecular flexibility index (Phi) is 3.27. The number of nitrogens with zero attached hydrogens (tertiary/aromatic N) is 1. The molecule has 1 aliphatic rings. The van der Waals surface area contributed by atoms with Crippen LogP contribution in [0.25, 0.3) is 0 Å². The lowest BCUT2D eigenvalue weighted by molar-refractivity contribution is -0.154. The average molecular weight is 186 g/mol. The Hall–Kier alpha value is -0.610. The number of ether oxygens (including phenoxy) is 1. The smallest absolute Gasteiger partial charge is 0.211 e. The van der Waals surface area contributed by atoms with Gasteiger partial charge in [-0.1, -0.05) is 0 Å². The molecule has 1 heterocycles. The van der Waals surface area contributed by atoms with Crippen LogP contribution in [-0.4, -0.2) is 42.8 Å². The number of piperazine rings is 1. The molecule has 1 atom stereocenters. The van der Waals surface area contributed by atoms with Gasteiger partial charge in [0.05, 0.1) is 5.60 Å². The van der Waals surface area contributed by atoms with Crippen LogP contribution in [0.15, 0.2) is 0 Å². The van der Waals surface area contributed by atoms with E-state index in [9.17, 15) is 4.79 Å². The molecule has 1 unspecified atom stereocenters. The van der Waals surface area contributed by atoms with Gasteiger partial charge in [0, 0.05) is 19.6 Å². The molecule has 76 valence electrons. The van der Waals surface area contributed by atoms with Crippen LogP contribution in [0, 0.1) is 0 Å². The van der Waals surface area contributed by atoms with Crippen LogP contribution < -0.4 is 5.32 Å². The third kappa shape index (κ3) is 3.32. The molecule has 1 fully saturated rings. The maximum atomic E-state index is 10.7. The topological polar surface area (TPSA) is 41.6 Å². The maximum absolute atomic E-state index is 10.7. The lowest BCUT2D eigenvalue weighted by atomic mass is 10.2. The molecular weight excluding hydrogens is 168 g/mol. The summed E-state index contributed by atoms with van der Waals surface area (Å²) in [6, 6.07) is 0. The molecule has 4 heteroatoms. The van der Waals surface area contributed by atoms with Gasteiger partial charge in [0.1, 0.15) is 6.23 Å². The fraction of sp³-hybridized carbons (Fsp3) is 0.889. The van der Waals surface area contributed by atoms with Crippen molar-refractivity contribution >= 4 is 6.41 Å². The predicted octanol–water partition coefficient (Wildman–Crippen LogP) is 0.189. The Morgan fingerprint density at radius 3 is 2.77 bits per heavy atom. The van der Waals surface area contributed by atoms with Crippen LogP contribution in [0.2, 0.25) is 0 Å². The minimum absolute atomic E-state index is 0.119. The van der Waals surface area contributed by atoms with Crippen LogP contribution in [-0.2, 0) is 9.53 Å². The summed E-state index contributed by atoms with van der Waals surface area (Å²) >= 11 is 0. The first-order chi connectivity index (χ1) is 6.03. The van der Waals surface area contributed by atoms with Crippen LogP contribution in [0.4, 0.5) is 0 Å². The lowest BCUT2D eigenvalue weighted by Gasteiger charge is -2.37. The van der Waals surface area contributed by atoms with Crippen molar-refractivity contribution in [2.75, 3.05) is 19.6 Å². The van der Waals surface area contributed by atoms with Gasteiger partial charge in [0.15, 0.2) is 0 Å². The highest BCUT2D eigenvalue weighted by Crippen LogP contribution is 2.13. The Labute approximate surface area is 79.2 Å². The van der Waals surface area contributed by atoms with Gasteiger partial charge in [-0.3, -0.25) is 4.79 Å². The molecule has 0 saturated carbocycles. The minimum Gasteiger partial charge on any atom is -0.351 e. The predicted molar refractivity (Wildman–Crippen MR) is 50.3 cm³/mol. The van der Waals surface area contributed by atoms with Crippen molar-refractivity contribution in [3.8, 4) is 0 Å². The summed E-state index contributed by atoms with van der Waals surface area (Å²) in [5.41, 5.74) is -0.203. The largest absolute Gasteiger partial charge is 0.351 e. The van der Waals surface area contributed by atoms with E-state index in [4.69, 9.17) is 4.74 Å². The zero-order valence-corrected chi connectivity index (χ0v) is 8.54. The van der Waals surface area contributed by atoms with Gasteiger partial charge in [0.25, 0.3) is 0 Å².